The first-order valence-corrected chi connectivity index (χ1v) is 7.59. The Balaban J connectivity index is 2.97. The van der Waals surface area contributed by atoms with Crippen LogP contribution in [0.25, 0.3) is 0 Å². The zero-order valence-corrected chi connectivity index (χ0v) is 14.8. The molecular weight excluding hydrogens is 306 g/mol. The van der Waals surface area contributed by atoms with Crippen molar-refractivity contribution in [1.29, 1.82) is 5.26 Å². The molecule has 0 aliphatic carbocycles. The van der Waals surface area contributed by atoms with Crippen LogP contribution in [0.4, 0.5) is 4.79 Å². The lowest BCUT2D eigenvalue weighted by Crippen LogP contribution is -2.27. The van der Waals surface area contributed by atoms with E-state index in [2.05, 4.69) is 4.99 Å². The van der Waals surface area contributed by atoms with Crippen LogP contribution < -0.4 is 0 Å². The van der Waals surface area contributed by atoms with Gasteiger partial charge in [0.05, 0.1) is 18.1 Å². The summed E-state index contributed by atoms with van der Waals surface area (Å²) in [6.07, 6.45) is -0.339. The van der Waals surface area contributed by atoms with Crippen molar-refractivity contribution in [2.45, 2.75) is 39.2 Å². The maximum atomic E-state index is 12.0. The van der Waals surface area contributed by atoms with E-state index in [1.807, 2.05) is 6.07 Å². The minimum absolute atomic E-state index is 0.0340. The summed E-state index contributed by atoms with van der Waals surface area (Å²) in [7, 11) is 3.30. The van der Waals surface area contributed by atoms with E-state index in [1.54, 1.807) is 59.1 Å². The molecule has 24 heavy (non-hydrogen) atoms. The van der Waals surface area contributed by atoms with Crippen LogP contribution in [-0.2, 0) is 16.0 Å². The minimum Gasteiger partial charge on any atom is -0.442 e. The summed E-state index contributed by atoms with van der Waals surface area (Å²) < 4.78 is 5.19. The smallest absolute Gasteiger partial charge is 0.434 e. The number of carbonyl (C=O) groups excluding carboxylic acids is 2. The van der Waals surface area contributed by atoms with Gasteiger partial charge in [0.1, 0.15) is 5.60 Å². The van der Waals surface area contributed by atoms with E-state index in [4.69, 9.17) is 10.00 Å². The van der Waals surface area contributed by atoms with Gasteiger partial charge in [-0.15, -0.1) is 0 Å². The van der Waals surface area contributed by atoms with Crippen LogP contribution in [0.15, 0.2) is 29.3 Å². The van der Waals surface area contributed by atoms with Gasteiger partial charge in [-0.1, -0.05) is 12.1 Å². The lowest BCUT2D eigenvalue weighted by Gasteiger charge is -2.18. The largest absolute Gasteiger partial charge is 0.442 e. The van der Waals surface area contributed by atoms with Crippen molar-refractivity contribution in [3.8, 4) is 6.07 Å². The average molecular weight is 329 g/mol. The topological polar surface area (TPSA) is 82.8 Å². The molecule has 0 saturated carbocycles. The molecule has 128 valence electrons. The zero-order valence-electron chi connectivity index (χ0n) is 14.8. The number of ether oxygens (including phenoxy) is 1. The molecule has 6 heteroatoms. The second-order valence-corrected chi connectivity index (χ2v) is 6.61. The molecule has 0 heterocycles. The molecular formula is C18H23N3O3. The monoisotopic (exact) mass is 329 g/mol. The van der Waals surface area contributed by atoms with Gasteiger partial charge in [0.15, 0.2) is 0 Å². The highest BCUT2D eigenvalue weighted by Crippen LogP contribution is 2.11. The number of nitrogens with zero attached hydrogens (tertiary/aromatic N) is 3. The van der Waals surface area contributed by atoms with E-state index in [1.165, 1.54) is 4.90 Å². The summed E-state index contributed by atoms with van der Waals surface area (Å²) in [5.41, 5.74) is 1.19. The van der Waals surface area contributed by atoms with Crippen molar-refractivity contribution in [3.05, 3.63) is 35.4 Å². The number of rotatable bonds is 4. The lowest BCUT2D eigenvalue weighted by molar-refractivity contribution is -0.127. The molecule has 0 unspecified atom stereocenters. The zero-order chi connectivity index (χ0) is 18.3. The van der Waals surface area contributed by atoms with Crippen LogP contribution in [0, 0.1) is 11.3 Å². The second kappa shape index (κ2) is 8.25. The van der Waals surface area contributed by atoms with Gasteiger partial charge in [-0.2, -0.15) is 10.3 Å². The summed E-state index contributed by atoms with van der Waals surface area (Å²) >= 11 is 0. The average Bonchev–Trinajstić information content (AvgIpc) is 2.45. The first-order chi connectivity index (χ1) is 11.1. The molecule has 0 bridgehead atoms. The lowest BCUT2D eigenvalue weighted by atomic mass is 10.0. The number of benzene rings is 1. The van der Waals surface area contributed by atoms with Gasteiger partial charge in [0.25, 0.3) is 0 Å². The third kappa shape index (κ3) is 7.05. The molecule has 0 aliphatic heterocycles. The highest BCUT2D eigenvalue weighted by atomic mass is 16.6. The summed E-state index contributed by atoms with van der Waals surface area (Å²) in [5.74, 6) is -0.147. The third-order valence-corrected chi connectivity index (χ3v) is 2.99. The first kappa shape index (κ1) is 19.4. The van der Waals surface area contributed by atoms with E-state index >= 15 is 0 Å². The van der Waals surface area contributed by atoms with Crippen LogP contribution in [0.5, 0.6) is 0 Å². The Morgan fingerprint density at radius 1 is 1.21 bits per heavy atom. The van der Waals surface area contributed by atoms with Gasteiger partial charge < -0.3 is 9.64 Å². The van der Waals surface area contributed by atoms with Gasteiger partial charge in [-0.25, -0.2) is 4.79 Å². The van der Waals surface area contributed by atoms with Gasteiger partial charge in [0, 0.05) is 26.2 Å². The van der Waals surface area contributed by atoms with E-state index < -0.39 is 11.7 Å². The molecule has 0 aromatic heterocycles. The minimum atomic E-state index is -0.710. The van der Waals surface area contributed by atoms with Gasteiger partial charge >= 0.3 is 6.09 Å². The molecule has 2 amide bonds. The second-order valence-electron chi connectivity index (χ2n) is 6.61. The van der Waals surface area contributed by atoms with Crippen LogP contribution >= 0.6 is 0 Å². The Labute approximate surface area is 142 Å². The van der Waals surface area contributed by atoms with Gasteiger partial charge in [-0.05, 0) is 38.5 Å². The van der Waals surface area contributed by atoms with Crippen molar-refractivity contribution in [2.24, 2.45) is 4.99 Å². The fourth-order valence-electron chi connectivity index (χ4n) is 1.82. The standard InChI is InChI=1S/C18H23N3O3/c1-18(2,3)24-17(23)20-15(11-16(22)21(4)5)10-13-6-8-14(12-19)9-7-13/h6-9H,10-11H2,1-5H3. The van der Waals surface area contributed by atoms with E-state index in [0.717, 1.165) is 5.56 Å². The molecule has 0 saturated heterocycles. The van der Waals surface area contributed by atoms with Crippen LogP contribution in [0.2, 0.25) is 0 Å². The quantitative estimate of drug-likeness (QED) is 0.795. The van der Waals surface area contributed by atoms with Crippen molar-refractivity contribution >= 4 is 17.7 Å². The molecule has 1 rings (SSSR count). The molecule has 0 N–H and O–H groups in total. The van der Waals surface area contributed by atoms with Gasteiger partial charge in [0.2, 0.25) is 5.91 Å². The number of amides is 2. The van der Waals surface area contributed by atoms with Crippen molar-refractivity contribution in [3.63, 3.8) is 0 Å². The number of aliphatic imine (C=N–C) groups is 1. The van der Waals surface area contributed by atoms with E-state index in [0.29, 0.717) is 17.7 Å². The van der Waals surface area contributed by atoms with Crippen LogP contribution in [0.3, 0.4) is 0 Å². The third-order valence-electron chi connectivity index (χ3n) is 2.99. The highest BCUT2D eigenvalue weighted by Gasteiger charge is 2.18. The number of nitriles is 1. The maximum absolute atomic E-state index is 12.0. The molecule has 6 nitrogen and oxygen atoms in total. The Bertz CT molecular complexity index is 662. The van der Waals surface area contributed by atoms with Crippen molar-refractivity contribution in [2.75, 3.05) is 14.1 Å². The number of hydrogen-bond acceptors (Lipinski definition) is 4. The predicted octanol–water partition coefficient (Wildman–Crippen LogP) is 2.96. The molecule has 0 aliphatic rings. The molecule has 0 fully saturated rings. The summed E-state index contributed by atoms with van der Waals surface area (Å²) in [5, 5.41) is 8.83. The summed E-state index contributed by atoms with van der Waals surface area (Å²) in [6.45, 7) is 5.27. The first-order valence-electron chi connectivity index (χ1n) is 7.59. The van der Waals surface area contributed by atoms with E-state index in [9.17, 15) is 9.59 Å². The molecule has 0 radical (unpaired) electrons. The fourth-order valence-corrected chi connectivity index (χ4v) is 1.82. The Hall–Kier alpha value is -2.68. The Morgan fingerprint density at radius 2 is 1.79 bits per heavy atom. The molecule has 0 atom stereocenters. The molecule has 1 aromatic rings. The van der Waals surface area contributed by atoms with Gasteiger partial charge in [-0.3, -0.25) is 4.79 Å². The predicted molar refractivity (Wildman–Crippen MR) is 91.8 cm³/mol. The molecule has 1 aromatic carbocycles. The summed E-state index contributed by atoms with van der Waals surface area (Å²) in [6, 6.07) is 8.99. The highest BCUT2D eigenvalue weighted by molar-refractivity contribution is 6.05. The Morgan fingerprint density at radius 3 is 2.25 bits per heavy atom. The number of carbonyl (C=O) groups is 2. The number of hydrogen-bond donors (Lipinski definition) is 0. The van der Waals surface area contributed by atoms with E-state index in [-0.39, 0.29) is 12.3 Å². The Kier molecular flexibility index (Phi) is 6.66. The van der Waals surface area contributed by atoms with Crippen molar-refractivity contribution in [1.82, 2.24) is 4.90 Å². The normalized spacial score (nSPS) is 11.6. The maximum Gasteiger partial charge on any atom is 0.434 e. The van der Waals surface area contributed by atoms with Crippen LogP contribution in [0.1, 0.15) is 38.3 Å². The SMILES string of the molecule is CN(C)C(=O)CC(Cc1ccc(C#N)cc1)=NC(=O)OC(C)(C)C. The molecule has 0 spiro atoms. The van der Waals surface area contributed by atoms with Crippen LogP contribution in [-0.4, -0.2) is 42.3 Å². The fraction of sp³-hybridized carbons (Fsp3) is 0.444. The summed E-state index contributed by atoms with van der Waals surface area (Å²) in [4.78, 5) is 29.3. The van der Waals surface area contributed by atoms with Crippen molar-refractivity contribution < 1.29 is 14.3 Å².